The standard InChI is InChI=1S/C25H31N/c1-16(2)10-20-8-7-9-23-24(20)22(11-17(3)4)15-26-25(23)21-13-18(5)12-19(6)14-21/h7-9,12-17H,10-11H2,1-6H3. The molecule has 0 unspecified atom stereocenters. The third-order valence-electron chi connectivity index (χ3n) is 4.83. The van der Waals surface area contributed by atoms with Crippen LogP contribution in [-0.4, -0.2) is 4.98 Å². The van der Waals surface area contributed by atoms with E-state index in [2.05, 4.69) is 84.1 Å². The van der Waals surface area contributed by atoms with Gasteiger partial charge in [0.2, 0.25) is 0 Å². The van der Waals surface area contributed by atoms with Crippen molar-refractivity contribution < 1.29 is 0 Å². The van der Waals surface area contributed by atoms with Crippen LogP contribution in [0.5, 0.6) is 0 Å². The van der Waals surface area contributed by atoms with Gasteiger partial charge in [-0.05, 0) is 67.2 Å². The smallest absolute Gasteiger partial charge is 0.0780 e. The summed E-state index contributed by atoms with van der Waals surface area (Å²) in [7, 11) is 0. The van der Waals surface area contributed by atoms with Crippen molar-refractivity contribution in [1.29, 1.82) is 0 Å². The number of benzene rings is 2. The third kappa shape index (κ3) is 3.98. The molecule has 1 heterocycles. The molecule has 0 saturated heterocycles. The minimum Gasteiger partial charge on any atom is -0.255 e. The summed E-state index contributed by atoms with van der Waals surface area (Å²) in [5.74, 6) is 1.27. The summed E-state index contributed by atoms with van der Waals surface area (Å²) in [4.78, 5) is 4.93. The van der Waals surface area contributed by atoms with Crippen LogP contribution in [0.25, 0.3) is 22.0 Å². The van der Waals surface area contributed by atoms with E-state index in [1.165, 1.54) is 38.6 Å². The van der Waals surface area contributed by atoms with Crippen LogP contribution in [-0.2, 0) is 12.8 Å². The van der Waals surface area contributed by atoms with E-state index in [-0.39, 0.29) is 0 Å². The van der Waals surface area contributed by atoms with Crippen molar-refractivity contribution in [2.45, 2.75) is 54.4 Å². The maximum absolute atomic E-state index is 4.93. The van der Waals surface area contributed by atoms with Crippen molar-refractivity contribution in [1.82, 2.24) is 4.98 Å². The Balaban J connectivity index is 2.29. The number of nitrogens with zero attached hydrogens (tertiary/aromatic N) is 1. The Kier molecular flexibility index (Phi) is 5.46. The van der Waals surface area contributed by atoms with Crippen LogP contribution in [0.1, 0.15) is 49.9 Å². The second-order valence-corrected chi connectivity index (χ2v) is 8.54. The van der Waals surface area contributed by atoms with Crippen LogP contribution >= 0.6 is 0 Å². The normalized spacial score (nSPS) is 11.7. The first-order valence-electron chi connectivity index (χ1n) is 9.83. The highest BCUT2D eigenvalue weighted by Gasteiger charge is 2.15. The predicted octanol–water partition coefficient (Wildman–Crippen LogP) is 6.92. The molecule has 0 amide bonds. The lowest BCUT2D eigenvalue weighted by molar-refractivity contribution is 0.642. The summed E-state index contributed by atoms with van der Waals surface area (Å²) in [5, 5.41) is 2.73. The molecule has 0 saturated carbocycles. The molecule has 0 radical (unpaired) electrons. The van der Waals surface area contributed by atoms with Gasteiger partial charge in [-0.15, -0.1) is 0 Å². The van der Waals surface area contributed by atoms with E-state index in [0.29, 0.717) is 11.8 Å². The highest BCUT2D eigenvalue weighted by atomic mass is 14.7. The van der Waals surface area contributed by atoms with Gasteiger partial charge < -0.3 is 0 Å². The van der Waals surface area contributed by atoms with Gasteiger partial charge in [-0.2, -0.15) is 0 Å². The zero-order valence-corrected chi connectivity index (χ0v) is 17.1. The fourth-order valence-corrected chi connectivity index (χ4v) is 4.00. The molecule has 3 rings (SSSR count). The van der Waals surface area contributed by atoms with Crippen LogP contribution in [0.4, 0.5) is 0 Å². The molecule has 0 fully saturated rings. The number of hydrogen-bond donors (Lipinski definition) is 0. The topological polar surface area (TPSA) is 12.9 Å². The molecule has 0 aliphatic carbocycles. The average Bonchev–Trinajstić information content (AvgIpc) is 2.53. The Bertz CT molecular complexity index is 882. The molecule has 26 heavy (non-hydrogen) atoms. The minimum atomic E-state index is 0.624. The van der Waals surface area contributed by atoms with Crippen molar-refractivity contribution >= 4 is 10.8 Å². The first kappa shape index (κ1) is 18.6. The number of aromatic nitrogens is 1. The fourth-order valence-electron chi connectivity index (χ4n) is 4.00. The molecule has 1 aromatic heterocycles. The van der Waals surface area contributed by atoms with E-state index >= 15 is 0 Å². The van der Waals surface area contributed by atoms with Gasteiger partial charge in [-0.25, -0.2) is 0 Å². The van der Waals surface area contributed by atoms with Gasteiger partial charge in [0.25, 0.3) is 0 Å². The van der Waals surface area contributed by atoms with Gasteiger partial charge in [0, 0.05) is 17.1 Å². The van der Waals surface area contributed by atoms with Crippen molar-refractivity contribution in [3.05, 3.63) is 64.8 Å². The summed E-state index contributed by atoms with van der Waals surface area (Å²) >= 11 is 0. The van der Waals surface area contributed by atoms with Crippen molar-refractivity contribution in [2.24, 2.45) is 11.8 Å². The largest absolute Gasteiger partial charge is 0.255 e. The van der Waals surface area contributed by atoms with Crippen LogP contribution in [0.15, 0.2) is 42.6 Å². The Morgan fingerprint density at radius 3 is 2.04 bits per heavy atom. The van der Waals surface area contributed by atoms with E-state index < -0.39 is 0 Å². The van der Waals surface area contributed by atoms with E-state index in [9.17, 15) is 0 Å². The second kappa shape index (κ2) is 7.61. The number of hydrogen-bond acceptors (Lipinski definition) is 1. The molecule has 2 aromatic carbocycles. The van der Waals surface area contributed by atoms with E-state index in [1.54, 1.807) is 0 Å². The SMILES string of the molecule is Cc1cc(C)cc(-c2ncc(CC(C)C)c3c(CC(C)C)cccc23)c1. The summed E-state index contributed by atoms with van der Waals surface area (Å²) in [6.07, 6.45) is 4.31. The van der Waals surface area contributed by atoms with E-state index in [4.69, 9.17) is 4.98 Å². The lowest BCUT2D eigenvalue weighted by Crippen LogP contribution is -2.02. The van der Waals surface area contributed by atoms with Gasteiger partial charge in [-0.1, -0.05) is 63.1 Å². The molecule has 0 N–H and O–H groups in total. The monoisotopic (exact) mass is 345 g/mol. The fraction of sp³-hybridized carbons (Fsp3) is 0.400. The van der Waals surface area contributed by atoms with Crippen molar-refractivity contribution in [3.63, 3.8) is 0 Å². The van der Waals surface area contributed by atoms with Crippen LogP contribution < -0.4 is 0 Å². The molecule has 1 heteroatoms. The Labute approximate surface area is 158 Å². The maximum atomic E-state index is 4.93. The first-order valence-corrected chi connectivity index (χ1v) is 9.83. The molecular formula is C25H31N. The number of rotatable bonds is 5. The van der Waals surface area contributed by atoms with Gasteiger partial charge in [0.1, 0.15) is 0 Å². The molecule has 136 valence electrons. The average molecular weight is 346 g/mol. The number of aryl methyl sites for hydroxylation is 2. The Hall–Kier alpha value is -2.15. The predicted molar refractivity (Wildman–Crippen MR) is 114 cm³/mol. The zero-order chi connectivity index (χ0) is 18.8. The maximum Gasteiger partial charge on any atom is 0.0780 e. The lowest BCUT2D eigenvalue weighted by Gasteiger charge is -2.17. The quantitative estimate of drug-likeness (QED) is 0.489. The summed E-state index contributed by atoms with van der Waals surface area (Å²) in [6.45, 7) is 13.5. The summed E-state index contributed by atoms with van der Waals surface area (Å²) in [6, 6.07) is 13.5. The summed E-state index contributed by atoms with van der Waals surface area (Å²) < 4.78 is 0. The Morgan fingerprint density at radius 1 is 0.808 bits per heavy atom. The lowest BCUT2D eigenvalue weighted by atomic mass is 9.89. The Morgan fingerprint density at radius 2 is 1.42 bits per heavy atom. The molecule has 0 spiro atoms. The molecular weight excluding hydrogens is 314 g/mol. The first-order chi connectivity index (χ1) is 12.3. The van der Waals surface area contributed by atoms with Gasteiger partial charge in [-0.3, -0.25) is 4.98 Å². The second-order valence-electron chi connectivity index (χ2n) is 8.54. The van der Waals surface area contributed by atoms with Gasteiger partial charge in [0.05, 0.1) is 5.69 Å². The van der Waals surface area contributed by atoms with E-state index in [0.717, 1.165) is 18.5 Å². The van der Waals surface area contributed by atoms with Crippen LogP contribution in [0.3, 0.4) is 0 Å². The minimum absolute atomic E-state index is 0.624. The van der Waals surface area contributed by atoms with Gasteiger partial charge >= 0.3 is 0 Å². The molecule has 1 nitrogen and oxygen atoms in total. The third-order valence-corrected chi connectivity index (χ3v) is 4.83. The van der Waals surface area contributed by atoms with E-state index in [1.807, 2.05) is 0 Å². The molecule has 0 bridgehead atoms. The van der Waals surface area contributed by atoms with Crippen molar-refractivity contribution in [2.75, 3.05) is 0 Å². The summed E-state index contributed by atoms with van der Waals surface area (Å²) in [5.41, 5.74) is 7.77. The highest BCUT2D eigenvalue weighted by Crippen LogP contribution is 2.33. The molecule has 0 aliphatic rings. The number of pyridine rings is 1. The molecule has 0 atom stereocenters. The van der Waals surface area contributed by atoms with Gasteiger partial charge in [0.15, 0.2) is 0 Å². The molecule has 0 aliphatic heterocycles. The highest BCUT2D eigenvalue weighted by molar-refractivity contribution is 5.98. The van der Waals surface area contributed by atoms with Crippen LogP contribution in [0, 0.1) is 25.7 Å². The zero-order valence-electron chi connectivity index (χ0n) is 17.1. The van der Waals surface area contributed by atoms with Crippen LogP contribution in [0.2, 0.25) is 0 Å². The van der Waals surface area contributed by atoms with Crippen molar-refractivity contribution in [3.8, 4) is 11.3 Å². The number of fused-ring (bicyclic) bond motifs is 1. The molecule has 3 aromatic rings.